The van der Waals surface area contributed by atoms with Crippen LogP contribution in [0.4, 0.5) is 9.18 Å². The zero-order valence-electron chi connectivity index (χ0n) is 10.1. The van der Waals surface area contributed by atoms with E-state index >= 15 is 0 Å². The first kappa shape index (κ1) is 12.8. The van der Waals surface area contributed by atoms with Crippen molar-refractivity contribution < 1.29 is 19.4 Å². The highest BCUT2D eigenvalue weighted by atomic mass is 19.1. The number of hydrogen-bond donors (Lipinski definition) is 2. The van der Waals surface area contributed by atoms with Crippen LogP contribution in [0.2, 0.25) is 0 Å². The predicted octanol–water partition coefficient (Wildman–Crippen LogP) is 2.52. The van der Waals surface area contributed by atoms with Gasteiger partial charge in [-0.3, -0.25) is 4.90 Å². The summed E-state index contributed by atoms with van der Waals surface area (Å²) in [4.78, 5) is 12.3. The molecule has 0 spiro atoms. The molecule has 5 heteroatoms. The second-order valence-electron chi connectivity index (χ2n) is 4.53. The van der Waals surface area contributed by atoms with E-state index in [2.05, 4.69) is 0 Å². The normalized spacial score (nSPS) is 18.2. The van der Waals surface area contributed by atoms with E-state index in [1.54, 1.807) is 13.0 Å². The van der Waals surface area contributed by atoms with E-state index in [0.717, 1.165) is 4.90 Å². The maximum absolute atomic E-state index is 13.8. The number of carbonyl (C=O) groups is 1. The molecular formula is C13H16FNO3. The first-order valence-electron chi connectivity index (χ1n) is 6.00. The van der Waals surface area contributed by atoms with Crippen LogP contribution in [0.1, 0.15) is 31.7 Å². The Balaban J connectivity index is 2.46. The van der Waals surface area contributed by atoms with Gasteiger partial charge in [0.05, 0.1) is 0 Å². The average Bonchev–Trinajstić information content (AvgIpc) is 3.13. The van der Waals surface area contributed by atoms with Crippen molar-refractivity contribution in [1.29, 1.82) is 0 Å². The number of carboxylic acid groups (broad SMARTS) is 1. The summed E-state index contributed by atoms with van der Waals surface area (Å²) >= 11 is 0. The topological polar surface area (TPSA) is 60.8 Å². The SMILES string of the molecule is CC[C@@](O)(c1ccccc1F)N(C(=O)O)C1CC1. The fourth-order valence-corrected chi connectivity index (χ4v) is 2.23. The maximum atomic E-state index is 13.8. The van der Waals surface area contributed by atoms with Gasteiger partial charge in [-0.05, 0) is 25.3 Å². The van der Waals surface area contributed by atoms with Gasteiger partial charge in [-0.2, -0.15) is 0 Å². The van der Waals surface area contributed by atoms with Crippen LogP contribution >= 0.6 is 0 Å². The number of benzene rings is 1. The van der Waals surface area contributed by atoms with E-state index in [9.17, 15) is 19.4 Å². The first-order valence-corrected chi connectivity index (χ1v) is 6.00. The molecule has 0 unspecified atom stereocenters. The highest BCUT2D eigenvalue weighted by Gasteiger charge is 2.47. The smallest absolute Gasteiger partial charge is 0.410 e. The Kier molecular flexibility index (Phi) is 3.26. The average molecular weight is 253 g/mol. The van der Waals surface area contributed by atoms with E-state index in [1.807, 2.05) is 0 Å². The highest BCUT2D eigenvalue weighted by Crippen LogP contribution is 2.39. The minimum atomic E-state index is -1.79. The predicted molar refractivity (Wildman–Crippen MR) is 63.5 cm³/mol. The number of nitrogens with zero attached hydrogens (tertiary/aromatic N) is 1. The van der Waals surface area contributed by atoms with Crippen LogP contribution in [-0.4, -0.2) is 27.2 Å². The van der Waals surface area contributed by atoms with Gasteiger partial charge in [-0.25, -0.2) is 9.18 Å². The summed E-state index contributed by atoms with van der Waals surface area (Å²) in [6.45, 7) is 1.64. The lowest BCUT2D eigenvalue weighted by atomic mass is 9.97. The van der Waals surface area contributed by atoms with Gasteiger partial charge in [0.15, 0.2) is 5.72 Å². The van der Waals surface area contributed by atoms with Crippen LogP contribution in [0.3, 0.4) is 0 Å². The quantitative estimate of drug-likeness (QED) is 0.810. The molecular weight excluding hydrogens is 237 g/mol. The number of amides is 1. The first-order chi connectivity index (χ1) is 8.50. The Morgan fingerprint density at radius 3 is 2.56 bits per heavy atom. The molecule has 2 N–H and O–H groups in total. The maximum Gasteiger partial charge on any atom is 0.410 e. The summed E-state index contributed by atoms with van der Waals surface area (Å²) in [6, 6.07) is 5.54. The Bertz CT molecular complexity index is 461. The molecule has 1 saturated carbocycles. The molecule has 1 atom stereocenters. The summed E-state index contributed by atoms with van der Waals surface area (Å²) in [5.41, 5.74) is -1.78. The zero-order valence-corrected chi connectivity index (χ0v) is 10.1. The van der Waals surface area contributed by atoms with Crippen LogP contribution < -0.4 is 0 Å². The molecule has 0 aromatic heterocycles. The van der Waals surface area contributed by atoms with E-state index < -0.39 is 17.6 Å². The fraction of sp³-hybridized carbons (Fsp3) is 0.462. The van der Waals surface area contributed by atoms with E-state index in [1.165, 1.54) is 18.2 Å². The standard InChI is InChI=1S/C13H16FNO3/c1-2-13(18,10-5-3-4-6-11(10)14)15(12(16)17)9-7-8-9/h3-6,9,18H,2,7-8H2,1H3,(H,16,17)/t13-/m1/s1. The van der Waals surface area contributed by atoms with Crippen molar-refractivity contribution in [2.24, 2.45) is 0 Å². The van der Waals surface area contributed by atoms with Crippen molar-refractivity contribution in [2.45, 2.75) is 38.0 Å². The monoisotopic (exact) mass is 253 g/mol. The van der Waals surface area contributed by atoms with Gasteiger partial charge in [0.2, 0.25) is 0 Å². The van der Waals surface area contributed by atoms with Crippen LogP contribution in [-0.2, 0) is 5.72 Å². The molecule has 1 aromatic rings. The third-order valence-electron chi connectivity index (χ3n) is 3.31. The lowest BCUT2D eigenvalue weighted by Crippen LogP contribution is -2.50. The Hall–Kier alpha value is -1.62. The molecule has 1 fully saturated rings. The van der Waals surface area contributed by atoms with E-state index in [0.29, 0.717) is 12.8 Å². The van der Waals surface area contributed by atoms with Crippen LogP contribution in [0.25, 0.3) is 0 Å². The summed E-state index contributed by atoms with van der Waals surface area (Å²) in [5, 5.41) is 19.9. The Morgan fingerprint density at radius 1 is 1.50 bits per heavy atom. The molecule has 0 aliphatic heterocycles. The van der Waals surface area contributed by atoms with Crippen molar-refractivity contribution >= 4 is 6.09 Å². The van der Waals surface area contributed by atoms with Gasteiger partial charge in [0, 0.05) is 11.6 Å². The molecule has 2 rings (SSSR count). The zero-order chi connectivity index (χ0) is 13.3. The van der Waals surface area contributed by atoms with Crippen LogP contribution in [0.15, 0.2) is 24.3 Å². The lowest BCUT2D eigenvalue weighted by molar-refractivity contribution is -0.108. The van der Waals surface area contributed by atoms with Crippen molar-refractivity contribution in [3.63, 3.8) is 0 Å². The van der Waals surface area contributed by atoms with Crippen molar-refractivity contribution in [2.75, 3.05) is 0 Å². The summed E-state index contributed by atoms with van der Waals surface area (Å²) in [6.07, 6.45) is 0.313. The highest BCUT2D eigenvalue weighted by molar-refractivity contribution is 5.67. The molecule has 1 aliphatic carbocycles. The van der Waals surface area contributed by atoms with Gasteiger partial charge in [-0.1, -0.05) is 25.1 Å². The second kappa shape index (κ2) is 4.57. The Labute approximate surface area is 105 Å². The molecule has 0 heterocycles. The number of aliphatic hydroxyl groups is 1. The van der Waals surface area contributed by atoms with Gasteiger partial charge in [0.1, 0.15) is 5.82 Å². The molecule has 1 aromatic carbocycles. The minimum Gasteiger partial charge on any atom is -0.465 e. The van der Waals surface area contributed by atoms with Crippen molar-refractivity contribution in [3.05, 3.63) is 35.6 Å². The third-order valence-corrected chi connectivity index (χ3v) is 3.31. The van der Waals surface area contributed by atoms with E-state index in [-0.39, 0.29) is 18.0 Å². The van der Waals surface area contributed by atoms with Crippen LogP contribution in [0, 0.1) is 5.82 Å². The summed E-state index contributed by atoms with van der Waals surface area (Å²) in [7, 11) is 0. The van der Waals surface area contributed by atoms with Gasteiger partial charge in [-0.15, -0.1) is 0 Å². The Morgan fingerprint density at radius 2 is 2.11 bits per heavy atom. The van der Waals surface area contributed by atoms with E-state index in [4.69, 9.17) is 0 Å². The molecule has 98 valence electrons. The largest absolute Gasteiger partial charge is 0.465 e. The number of rotatable bonds is 4. The van der Waals surface area contributed by atoms with Gasteiger partial charge < -0.3 is 10.2 Å². The fourth-order valence-electron chi connectivity index (χ4n) is 2.23. The lowest BCUT2D eigenvalue weighted by Gasteiger charge is -2.38. The molecule has 1 aliphatic rings. The minimum absolute atomic E-state index is 0.0156. The number of hydrogen-bond acceptors (Lipinski definition) is 2. The second-order valence-corrected chi connectivity index (χ2v) is 4.53. The van der Waals surface area contributed by atoms with Gasteiger partial charge in [0.25, 0.3) is 0 Å². The van der Waals surface area contributed by atoms with Gasteiger partial charge >= 0.3 is 6.09 Å². The van der Waals surface area contributed by atoms with Crippen molar-refractivity contribution in [3.8, 4) is 0 Å². The van der Waals surface area contributed by atoms with Crippen molar-refractivity contribution in [1.82, 2.24) is 4.90 Å². The molecule has 1 amide bonds. The molecule has 0 radical (unpaired) electrons. The number of halogens is 1. The molecule has 0 saturated heterocycles. The summed E-state index contributed by atoms with van der Waals surface area (Å²) in [5.74, 6) is -0.589. The third kappa shape index (κ3) is 2.06. The summed E-state index contributed by atoms with van der Waals surface area (Å²) < 4.78 is 13.8. The van der Waals surface area contributed by atoms with Crippen LogP contribution in [0.5, 0.6) is 0 Å². The molecule has 4 nitrogen and oxygen atoms in total. The molecule has 0 bridgehead atoms. The molecule has 18 heavy (non-hydrogen) atoms.